The number of carbonyl (C=O) groups excluding carboxylic acids is 1. The van der Waals surface area contributed by atoms with Crippen molar-refractivity contribution >= 4 is 39.0 Å². The maximum atomic E-state index is 11.9. The Morgan fingerprint density at radius 3 is 2.76 bits per heavy atom. The van der Waals surface area contributed by atoms with E-state index in [1.54, 1.807) is 19.1 Å². The fraction of sp³-hybridized carbons (Fsp3) is 0.188. The van der Waals surface area contributed by atoms with Gasteiger partial charge in [-0.2, -0.15) is 0 Å². The number of halogens is 1. The molecule has 0 radical (unpaired) electrons. The van der Waals surface area contributed by atoms with E-state index in [0.717, 1.165) is 21.4 Å². The van der Waals surface area contributed by atoms with Crippen LogP contribution in [0.15, 0.2) is 40.9 Å². The minimum Gasteiger partial charge on any atom is -0.462 e. The van der Waals surface area contributed by atoms with Crippen LogP contribution in [0.5, 0.6) is 0 Å². The Morgan fingerprint density at radius 1 is 1.29 bits per heavy atom. The van der Waals surface area contributed by atoms with E-state index in [-0.39, 0.29) is 0 Å². The summed E-state index contributed by atoms with van der Waals surface area (Å²) < 4.78 is 5.99. The second kappa shape index (κ2) is 6.63. The van der Waals surface area contributed by atoms with E-state index < -0.39 is 5.97 Å². The average molecular weight is 349 g/mol. The normalized spacial score (nSPS) is 10.2. The van der Waals surface area contributed by atoms with E-state index in [0.29, 0.717) is 17.9 Å². The maximum absolute atomic E-state index is 11.9. The van der Waals surface area contributed by atoms with Crippen LogP contribution in [0.3, 0.4) is 0 Å². The van der Waals surface area contributed by atoms with E-state index in [1.165, 1.54) is 0 Å². The van der Waals surface area contributed by atoms with Gasteiger partial charge >= 0.3 is 5.97 Å². The Bertz CT molecular complexity index is 671. The van der Waals surface area contributed by atoms with Crippen molar-refractivity contribution in [3.05, 3.63) is 52.0 Å². The zero-order valence-electron chi connectivity index (χ0n) is 11.9. The van der Waals surface area contributed by atoms with Gasteiger partial charge in [0.2, 0.25) is 0 Å². The lowest BCUT2D eigenvalue weighted by molar-refractivity contribution is 0.0527. The first-order chi connectivity index (χ1) is 10.0. The lowest BCUT2D eigenvalue weighted by Gasteiger charge is -2.12. The van der Waals surface area contributed by atoms with Crippen molar-refractivity contribution in [1.82, 2.24) is 0 Å². The van der Waals surface area contributed by atoms with Crippen LogP contribution in [0.4, 0.5) is 17.1 Å². The monoisotopic (exact) mass is 348 g/mol. The molecule has 0 aliphatic heterocycles. The lowest BCUT2D eigenvalue weighted by atomic mass is 10.1. The summed E-state index contributed by atoms with van der Waals surface area (Å²) in [5, 5.41) is 3.28. The van der Waals surface area contributed by atoms with Crippen LogP contribution in [0.1, 0.15) is 22.8 Å². The SMILES string of the molecule is CCOC(=O)c1cc(Nc2cc(Br)ccc2C)ccc1N. The largest absolute Gasteiger partial charge is 0.462 e. The van der Waals surface area contributed by atoms with Crippen LogP contribution in [0.25, 0.3) is 0 Å². The van der Waals surface area contributed by atoms with Crippen molar-refractivity contribution in [2.75, 3.05) is 17.7 Å². The summed E-state index contributed by atoms with van der Waals surface area (Å²) in [7, 11) is 0. The number of aryl methyl sites for hydroxylation is 1. The first kappa shape index (κ1) is 15.4. The van der Waals surface area contributed by atoms with Crippen LogP contribution in [0.2, 0.25) is 0 Å². The second-order valence-electron chi connectivity index (χ2n) is 4.61. The topological polar surface area (TPSA) is 64.3 Å². The van der Waals surface area contributed by atoms with Crippen LogP contribution >= 0.6 is 15.9 Å². The van der Waals surface area contributed by atoms with E-state index in [1.807, 2.05) is 31.2 Å². The van der Waals surface area contributed by atoms with Crippen LogP contribution in [0, 0.1) is 6.92 Å². The molecule has 0 amide bonds. The number of anilines is 3. The molecule has 110 valence electrons. The smallest absolute Gasteiger partial charge is 0.340 e. The summed E-state index contributed by atoms with van der Waals surface area (Å²) in [5.41, 5.74) is 9.46. The number of nitrogens with two attached hydrogens (primary N) is 1. The molecule has 2 aromatic rings. The van der Waals surface area contributed by atoms with Crippen molar-refractivity contribution in [3.8, 4) is 0 Å². The van der Waals surface area contributed by atoms with E-state index in [2.05, 4.69) is 21.2 Å². The van der Waals surface area contributed by atoms with Gasteiger partial charge < -0.3 is 15.8 Å². The number of nitrogen functional groups attached to an aromatic ring is 1. The minimum atomic E-state index is -0.412. The minimum absolute atomic E-state index is 0.320. The fourth-order valence-electron chi connectivity index (χ4n) is 1.90. The highest BCUT2D eigenvalue weighted by Gasteiger charge is 2.12. The third kappa shape index (κ3) is 3.76. The molecule has 0 aromatic heterocycles. The summed E-state index contributed by atoms with van der Waals surface area (Å²) in [6, 6.07) is 11.2. The molecule has 21 heavy (non-hydrogen) atoms. The number of ether oxygens (including phenoxy) is 1. The van der Waals surface area contributed by atoms with E-state index in [4.69, 9.17) is 10.5 Å². The predicted molar refractivity (Wildman–Crippen MR) is 89.0 cm³/mol. The van der Waals surface area contributed by atoms with Gasteiger partial charge in [0, 0.05) is 21.5 Å². The number of rotatable bonds is 4. The molecule has 0 bridgehead atoms. The number of hydrogen-bond donors (Lipinski definition) is 2. The molecule has 2 rings (SSSR count). The van der Waals surface area contributed by atoms with E-state index >= 15 is 0 Å². The highest BCUT2D eigenvalue weighted by molar-refractivity contribution is 9.10. The second-order valence-corrected chi connectivity index (χ2v) is 5.52. The summed E-state index contributed by atoms with van der Waals surface area (Å²) in [5.74, 6) is -0.412. The standard InChI is InChI=1S/C16H17BrN2O2/c1-3-21-16(20)13-9-12(6-7-14(13)18)19-15-8-11(17)5-4-10(15)2/h4-9,19H,3,18H2,1-2H3. The molecule has 0 saturated heterocycles. The van der Waals surface area contributed by atoms with Crippen LogP contribution < -0.4 is 11.1 Å². The van der Waals surface area contributed by atoms with Gasteiger partial charge in [0.25, 0.3) is 0 Å². The fourth-order valence-corrected chi connectivity index (χ4v) is 2.27. The third-order valence-corrected chi connectivity index (χ3v) is 3.52. The molecule has 0 aliphatic rings. The molecule has 2 aromatic carbocycles. The molecule has 0 fully saturated rings. The number of esters is 1. The van der Waals surface area contributed by atoms with Crippen molar-refractivity contribution < 1.29 is 9.53 Å². The van der Waals surface area contributed by atoms with E-state index in [9.17, 15) is 4.79 Å². The molecule has 3 N–H and O–H groups in total. The van der Waals surface area contributed by atoms with Crippen LogP contribution in [-0.2, 0) is 4.74 Å². The van der Waals surface area contributed by atoms with Gasteiger partial charge in [-0.15, -0.1) is 0 Å². The Kier molecular flexibility index (Phi) is 4.85. The highest BCUT2D eigenvalue weighted by atomic mass is 79.9. The van der Waals surface area contributed by atoms with Crippen molar-refractivity contribution in [1.29, 1.82) is 0 Å². The van der Waals surface area contributed by atoms with Crippen molar-refractivity contribution in [2.24, 2.45) is 0 Å². The van der Waals surface area contributed by atoms with Gasteiger partial charge in [0.05, 0.1) is 12.2 Å². The van der Waals surface area contributed by atoms with Gasteiger partial charge in [0.1, 0.15) is 0 Å². The molecule has 0 heterocycles. The summed E-state index contributed by atoms with van der Waals surface area (Å²) >= 11 is 3.45. The zero-order valence-corrected chi connectivity index (χ0v) is 13.5. The summed E-state index contributed by atoms with van der Waals surface area (Å²) in [6.07, 6.45) is 0. The first-order valence-electron chi connectivity index (χ1n) is 6.61. The Balaban J connectivity index is 2.31. The quantitative estimate of drug-likeness (QED) is 0.639. The molecular weight excluding hydrogens is 332 g/mol. The molecule has 0 saturated carbocycles. The molecule has 4 nitrogen and oxygen atoms in total. The van der Waals surface area contributed by atoms with Crippen molar-refractivity contribution in [3.63, 3.8) is 0 Å². The van der Waals surface area contributed by atoms with Crippen molar-refractivity contribution in [2.45, 2.75) is 13.8 Å². The molecule has 0 unspecified atom stereocenters. The van der Waals surface area contributed by atoms with Gasteiger partial charge in [-0.3, -0.25) is 0 Å². The third-order valence-electron chi connectivity index (χ3n) is 3.03. The van der Waals surface area contributed by atoms with Gasteiger partial charge in [-0.25, -0.2) is 4.79 Å². The lowest BCUT2D eigenvalue weighted by Crippen LogP contribution is -2.08. The average Bonchev–Trinajstić information content (AvgIpc) is 2.45. The summed E-state index contributed by atoms with van der Waals surface area (Å²) in [6.45, 7) is 4.10. The maximum Gasteiger partial charge on any atom is 0.340 e. The number of carbonyl (C=O) groups is 1. The Hall–Kier alpha value is -2.01. The van der Waals surface area contributed by atoms with Gasteiger partial charge in [-0.05, 0) is 49.7 Å². The first-order valence-corrected chi connectivity index (χ1v) is 7.40. The summed E-state index contributed by atoms with van der Waals surface area (Å²) in [4.78, 5) is 11.9. The molecular formula is C16H17BrN2O2. The molecule has 5 heteroatoms. The number of nitrogens with one attached hydrogen (secondary N) is 1. The predicted octanol–water partition coefficient (Wildman–Crippen LogP) is 4.26. The number of hydrogen-bond acceptors (Lipinski definition) is 4. The zero-order chi connectivity index (χ0) is 15.4. The van der Waals surface area contributed by atoms with Gasteiger partial charge in [-0.1, -0.05) is 22.0 Å². The van der Waals surface area contributed by atoms with Gasteiger partial charge in [0.15, 0.2) is 0 Å². The molecule has 0 atom stereocenters. The number of benzene rings is 2. The molecule has 0 spiro atoms. The highest BCUT2D eigenvalue weighted by Crippen LogP contribution is 2.26. The molecule has 0 aliphatic carbocycles. The Morgan fingerprint density at radius 2 is 2.05 bits per heavy atom. The van der Waals surface area contributed by atoms with Crippen LogP contribution in [-0.4, -0.2) is 12.6 Å². The Labute approximate surface area is 132 Å².